The van der Waals surface area contributed by atoms with E-state index in [0.29, 0.717) is 24.7 Å². The number of nitrogens with zero attached hydrogens (tertiary/aromatic N) is 2. The fraction of sp³-hybridized carbons (Fsp3) is 0.409. The molecule has 0 radical (unpaired) electrons. The molecule has 0 saturated heterocycles. The molecule has 0 aliphatic rings. The summed E-state index contributed by atoms with van der Waals surface area (Å²) in [5.74, 6) is -0.817. The van der Waals surface area contributed by atoms with E-state index in [-0.39, 0.29) is 16.1 Å². The van der Waals surface area contributed by atoms with Crippen LogP contribution in [0.15, 0.2) is 47.4 Å². The first-order chi connectivity index (χ1) is 14.0. The van der Waals surface area contributed by atoms with E-state index in [1.807, 2.05) is 44.7 Å². The van der Waals surface area contributed by atoms with Crippen molar-refractivity contribution in [1.82, 2.24) is 4.90 Å². The summed E-state index contributed by atoms with van der Waals surface area (Å²) < 4.78 is 28.6. The van der Waals surface area contributed by atoms with Gasteiger partial charge in [-0.05, 0) is 62.8 Å². The Kier molecular flexibility index (Phi) is 7.86. The molecule has 0 fully saturated rings. The number of benzene rings is 2. The maximum absolute atomic E-state index is 13.0. The third-order valence-corrected chi connectivity index (χ3v) is 6.27. The van der Waals surface area contributed by atoms with Crippen LogP contribution in [0.2, 0.25) is 0 Å². The van der Waals surface area contributed by atoms with E-state index >= 15 is 0 Å². The van der Waals surface area contributed by atoms with E-state index in [9.17, 15) is 18.3 Å². The zero-order valence-electron chi connectivity index (χ0n) is 18.2. The van der Waals surface area contributed by atoms with Crippen LogP contribution >= 0.6 is 0 Å². The monoisotopic (exact) mass is 433 g/mol. The second-order valence-electron chi connectivity index (χ2n) is 7.75. The van der Waals surface area contributed by atoms with Crippen molar-refractivity contribution in [1.29, 1.82) is 0 Å². The van der Waals surface area contributed by atoms with Gasteiger partial charge in [-0.3, -0.25) is 4.72 Å². The number of likely N-dealkylation sites (N-methyl/N-ethyl adjacent to an activating group) is 2. The summed E-state index contributed by atoms with van der Waals surface area (Å²) in [5, 5.41) is 9.37. The Morgan fingerprint density at radius 3 is 2.20 bits per heavy atom. The zero-order valence-corrected chi connectivity index (χ0v) is 19.0. The molecular weight excluding hydrogens is 402 g/mol. The standard InChI is InChI=1S/C22H31N3O4S/c1-6-25(14-13-24(4)5)21-12-9-18(22(26)27)15-20(21)23-30(28,29)19-10-7-17(8-11-19)16(2)3/h7-12,15-16,23H,6,13-14H2,1-5H3,(H,26,27). The van der Waals surface area contributed by atoms with Gasteiger partial charge in [-0.15, -0.1) is 0 Å². The van der Waals surface area contributed by atoms with Crippen LogP contribution in [0.1, 0.15) is 42.6 Å². The summed E-state index contributed by atoms with van der Waals surface area (Å²) in [4.78, 5) is 15.6. The molecule has 2 N–H and O–H groups in total. The highest BCUT2D eigenvalue weighted by Gasteiger charge is 2.20. The van der Waals surface area contributed by atoms with Gasteiger partial charge in [0, 0.05) is 19.6 Å². The first-order valence-electron chi connectivity index (χ1n) is 9.95. The van der Waals surface area contributed by atoms with E-state index in [1.165, 1.54) is 12.1 Å². The van der Waals surface area contributed by atoms with Crippen molar-refractivity contribution >= 4 is 27.4 Å². The van der Waals surface area contributed by atoms with Gasteiger partial charge >= 0.3 is 5.97 Å². The average Bonchev–Trinajstić information content (AvgIpc) is 2.68. The molecule has 2 aromatic carbocycles. The van der Waals surface area contributed by atoms with Crippen molar-refractivity contribution < 1.29 is 18.3 Å². The molecule has 0 heterocycles. The first kappa shape index (κ1) is 23.7. The molecule has 30 heavy (non-hydrogen) atoms. The molecule has 0 unspecified atom stereocenters. The number of rotatable bonds is 10. The van der Waals surface area contributed by atoms with Crippen molar-refractivity contribution in [2.24, 2.45) is 0 Å². The molecular formula is C22H31N3O4S. The van der Waals surface area contributed by atoms with Crippen LogP contribution in [0.5, 0.6) is 0 Å². The van der Waals surface area contributed by atoms with E-state index in [0.717, 1.165) is 12.1 Å². The fourth-order valence-electron chi connectivity index (χ4n) is 3.03. The van der Waals surface area contributed by atoms with Crippen molar-refractivity contribution in [3.63, 3.8) is 0 Å². The van der Waals surface area contributed by atoms with E-state index in [4.69, 9.17) is 0 Å². The van der Waals surface area contributed by atoms with Gasteiger partial charge in [0.2, 0.25) is 0 Å². The van der Waals surface area contributed by atoms with Gasteiger partial charge in [0.05, 0.1) is 21.8 Å². The van der Waals surface area contributed by atoms with Crippen molar-refractivity contribution in [3.05, 3.63) is 53.6 Å². The van der Waals surface area contributed by atoms with Crippen LogP contribution in [-0.2, 0) is 10.0 Å². The molecule has 0 atom stereocenters. The Labute approximate surface area is 179 Å². The molecule has 0 amide bonds. The maximum Gasteiger partial charge on any atom is 0.335 e. The van der Waals surface area contributed by atoms with E-state index in [2.05, 4.69) is 4.72 Å². The Bertz CT molecular complexity index is 970. The Morgan fingerprint density at radius 2 is 1.70 bits per heavy atom. The highest BCUT2D eigenvalue weighted by Crippen LogP contribution is 2.30. The minimum absolute atomic E-state index is 0.0234. The van der Waals surface area contributed by atoms with Gasteiger partial charge in [0.1, 0.15) is 0 Å². The number of carboxylic acid groups (broad SMARTS) is 1. The third-order valence-electron chi connectivity index (χ3n) is 4.88. The SMILES string of the molecule is CCN(CCN(C)C)c1ccc(C(=O)O)cc1NS(=O)(=O)c1ccc(C(C)C)cc1. The molecule has 2 aromatic rings. The predicted molar refractivity (Wildman–Crippen MR) is 121 cm³/mol. The van der Waals surface area contributed by atoms with E-state index in [1.54, 1.807) is 30.3 Å². The number of aromatic carboxylic acids is 1. The van der Waals surface area contributed by atoms with Gasteiger partial charge in [-0.1, -0.05) is 26.0 Å². The highest BCUT2D eigenvalue weighted by atomic mass is 32.2. The predicted octanol–water partition coefficient (Wildman–Crippen LogP) is 3.70. The van der Waals surface area contributed by atoms with Crippen LogP contribution < -0.4 is 9.62 Å². The lowest BCUT2D eigenvalue weighted by molar-refractivity contribution is 0.0697. The molecule has 164 valence electrons. The van der Waals surface area contributed by atoms with Gasteiger partial charge < -0.3 is 14.9 Å². The number of anilines is 2. The summed E-state index contributed by atoms with van der Waals surface area (Å²) in [6, 6.07) is 11.3. The van der Waals surface area contributed by atoms with Gasteiger partial charge in [-0.25, -0.2) is 13.2 Å². The maximum atomic E-state index is 13.0. The number of hydrogen-bond acceptors (Lipinski definition) is 5. The first-order valence-corrected chi connectivity index (χ1v) is 11.4. The third kappa shape index (κ3) is 5.96. The molecule has 0 spiro atoms. The Balaban J connectivity index is 2.44. The molecule has 0 aromatic heterocycles. The summed E-state index contributed by atoms with van der Waals surface area (Å²) in [6.07, 6.45) is 0. The molecule has 0 saturated carbocycles. The van der Waals surface area contributed by atoms with Crippen LogP contribution in [0.4, 0.5) is 11.4 Å². The molecule has 0 aliphatic carbocycles. The van der Waals surface area contributed by atoms with Crippen LogP contribution in [-0.4, -0.2) is 58.1 Å². The summed E-state index contributed by atoms with van der Waals surface area (Å²) in [7, 11) is 0.0544. The van der Waals surface area contributed by atoms with Gasteiger partial charge in [-0.2, -0.15) is 0 Å². The lowest BCUT2D eigenvalue weighted by Gasteiger charge is -2.27. The van der Waals surface area contributed by atoms with Crippen molar-refractivity contribution in [3.8, 4) is 0 Å². The Hall–Kier alpha value is -2.58. The number of nitrogens with one attached hydrogen (secondary N) is 1. The minimum Gasteiger partial charge on any atom is -0.478 e. The molecule has 8 heteroatoms. The number of carboxylic acids is 1. The molecule has 0 aliphatic heterocycles. The summed E-state index contributed by atoms with van der Waals surface area (Å²) >= 11 is 0. The Morgan fingerprint density at radius 1 is 1.07 bits per heavy atom. The van der Waals surface area contributed by atoms with Gasteiger partial charge in [0.25, 0.3) is 10.0 Å². The minimum atomic E-state index is -3.87. The normalized spacial score (nSPS) is 11.7. The van der Waals surface area contributed by atoms with E-state index < -0.39 is 16.0 Å². The van der Waals surface area contributed by atoms with Gasteiger partial charge in [0.15, 0.2) is 0 Å². The fourth-order valence-corrected chi connectivity index (χ4v) is 4.10. The van der Waals surface area contributed by atoms with Crippen LogP contribution in [0.3, 0.4) is 0 Å². The largest absolute Gasteiger partial charge is 0.478 e. The van der Waals surface area contributed by atoms with Crippen molar-refractivity contribution in [2.45, 2.75) is 31.6 Å². The average molecular weight is 434 g/mol. The molecule has 0 bridgehead atoms. The topological polar surface area (TPSA) is 89.9 Å². The molecule has 2 rings (SSSR count). The lowest BCUT2D eigenvalue weighted by Crippen LogP contribution is -2.32. The lowest BCUT2D eigenvalue weighted by atomic mass is 10.0. The van der Waals surface area contributed by atoms with Crippen molar-refractivity contribution in [2.75, 3.05) is 43.4 Å². The zero-order chi connectivity index (χ0) is 22.5. The van der Waals surface area contributed by atoms with Crippen LogP contribution in [0, 0.1) is 0 Å². The quantitative estimate of drug-likeness (QED) is 0.594. The van der Waals surface area contributed by atoms with Crippen LogP contribution in [0.25, 0.3) is 0 Å². The number of sulfonamides is 1. The highest BCUT2D eigenvalue weighted by molar-refractivity contribution is 7.92. The summed E-state index contributed by atoms with van der Waals surface area (Å²) in [5.41, 5.74) is 1.97. The number of carbonyl (C=O) groups is 1. The summed E-state index contributed by atoms with van der Waals surface area (Å²) in [6.45, 7) is 8.16. The molecule has 7 nitrogen and oxygen atoms in total. The number of hydrogen-bond donors (Lipinski definition) is 2. The smallest absolute Gasteiger partial charge is 0.335 e. The second kappa shape index (κ2) is 9.95. The second-order valence-corrected chi connectivity index (χ2v) is 9.43.